The summed E-state index contributed by atoms with van der Waals surface area (Å²) in [4.78, 5) is 4.14. The van der Waals surface area contributed by atoms with Crippen LogP contribution in [0, 0.1) is 11.3 Å². The van der Waals surface area contributed by atoms with Gasteiger partial charge >= 0.3 is 0 Å². The molecular weight excluding hydrogens is 338 g/mol. The highest BCUT2D eigenvalue weighted by atomic mass is 16.5. The van der Waals surface area contributed by atoms with Gasteiger partial charge in [0.25, 0.3) is 0 Å². The van der Waals surface area contributed by atoms with Crippen LogP contribution in [0.2, 0.25) is 0 Å². The SMILES string of the molecule is COCCNc1oc(/C=C/c2cc(OC)c(OC)c(OC)c2)nc1C#N. The van der Waals surface area contributed by atoms with E-state index in [1.165, 1.54) is 0 Å². The third-order valence-corrected chi connectivity index (χ3v) is 3.45. The highest BCUT2D eigenvalue weighted by Crippen LogP contribution is 2.38. The molecule has 26 heavy (non-hydrogen) atoms. The molecule has 0 unspecified atom stereocenters. The second-order valence-corrected chi connectivity index (χ2v) is 5.05. The third-order valence-electron chi connectivity index (χ3n) is 3.45. The van der Waals surface area contributed by atoms with E-state index in [1.807, 2.05) is 6.07 Å². The Labute approximate surface area is 151 Å². The van der Waals surface area contributed by atoms with E-state index in [2.05, 4.69) is 10.3 Å². The number of rotatable bonds is 9. The molecule has 1 aromatic carbocycles. The Kier molecular flexibility index (Phi) is 6.88. The van der Waals surface area contributed by atoms with E-state index in [1.54, 1.807) is 52.7 Å². The van der Waals surface area contributed by atoms with Crippen molar-refractivity contribution >= 4 is 18.0 Å². The standard InChI is InChI=1S/C18H21N3O5/c1-22-8-7-20-18-13(11-19)21-16(26-18)6-5-12-9-14(23-2)17(25-4)15(10-12)24-3/h5-6,9-10,20H,7-8H2,1-4H3/b6-5+. The van der Waals surface area contributed by atoms with Crippen LogP contribution in [0.25, 0.3) is 12.2 Å². The fraction of sp³-hybridized carbons (Fsp3) is 0.333. The summed E-state index contributed by atoms with van der Waals surface area (Å²) in [6, 6.07) is 5.58. The number of hydrogen-bond acceptors (Lipinski definition) is 8. The first-order valence-corrected chi connectivity index (χ1v) is 7.78. The molecular formula is C18H21N3O5. The van der Waals surface area contributed by atoms with Gasteiger partial charge in [-0.2, -0.15) is 10.2 Å². The topological polar surface area (TPSA) is 98.8 Å². The van der Waals surface area contributed by atoms with Gasteiger partial charge in [0.2, 0.25) is 23.2 Å². The molecule has 0 bridgehead atoms. The molecule has 0 saturated heterocycles. The lowest BCUT2D eigenvalue weighted by molar-refractivity contribution is 0.210. The van der Waals surface area contributed by atoms with E-state index in [0.717, 1.165) is 5.56 Å². The van der Waals surface area contributed by atoms with Crippen molar-refractivity contribution in [2.75, 3.05) is 46.9 Å². The van der Waals surface area contributed by atoms with Crippen LogP contribution in [0.5, 0.6) is 17.2 Å². The Morgan fingerprint density at radius 2 is 1.81 bits per heavy atom. The fourth-order valence-electron chi connectivity index (χ4n) is 2.24. The van der Waals surface area contributed by atoms with Crippen LogP contribution in [0.4, 0.5) is 5.88 Å². The summed E-state index contributed by atoms with van der Waals surface area (Å²) in [7, 11) is 6.25. The van der Waals surface area contributed by atoms with Gasteiger partial charge in [0.15, 0.2) is 11.5 Å². The smallest absolute Gasteiger partial charge is 0.232 e. The van der Waals surface area contributed by atoms with E-state index in [4.69, 9.17) is 28.6 Å². The maximum atomic E-state index is 9.15. The van der Waals surface area contributed by atoms with Gasteiger partial charge in [0, 0.05) is 19.7 Å². The molecule has 0 saturated carbocycles. The van der Waals surface area contributed by atoms with Crippen molar-refractivity contribution < 1.29 is 23.4 Å². The minimum atomic E-state index is 0.186. The minimum absolute atomic E-state index is 0.186. The molecule has 0 aliphatic rings. The summed E-state index contributed by atoms with van der Waals surface area (Å²) in [6.07, 6.45) is 3.43. The molecule has 138 valence electrons. The first kappa shape index (κ1) is 19.1. The summed E-state index contributed by atoms with van der Waals surface area (Å²) in [5.41, 5.74) is 0.982. The van der Waals surface area contributed by atoms with Gasteiger partial charge in [-0.3, -0.25) is 0 Å². The normalized spacial score (nSPS) is 10.6. The molecule has 2 rings (SSSR count). The Balaban J connectivity index is 2.25. The van der Waals surface area contributed by atoms with Crippen molar-refractivity contribution in [1.29, 1.82) is 5.26 Å². The molecule has 0 aliphatic carbocycles. The molecule has 0 atom stereocenters. The van der Waals surface area contributed by atoms with Crippen molar-refractivity contribution in [2.45, 2.75) is 0 Å². The first-order chi connectivity index (χ1) is 12.7. The number of aromatic nitrogens is 1. The zero-order valence-corrected chi connectivity index (χ0v) is 15.2. The van der Waals surface area contributed by atoms with E-state index >= 15 is 0 Å². The van der Waals surface area contributed by atoms with Crippen LogP contribution in [0.3, 0.4) is 0 Å². The number of oxazole rings is 1. The number of nitriles is 1. The highest BCUT2D eigenvalue weighted by molar-refractivity contribution is 5.71. The number of hydrogen-bond donors (Lipinski definition) is 1. The zero-order valence-electron chi connectivity index (χ0n) is 15.2. The third kappa shape index (κ3) is 4.46. The summed E-state index contributed by atoms with van der Waals surface area (Å²) >= 11 is 0. The first-order valence-electron chi connectivity index (χ1n) is 7.78. The summed E-state index contributed by atoms with van der Waals surface area (Å²) in [6.45, 7) is 0.999. The summed E-state index contributed by atoms with van der Waals surface area (Å²) < 4.78 is 26.5. The molecule has 1 N–H and O–H groups in total. The lowest BCUT2D eigenvalue weighted by Crippen LogP contribution is -2.07. The molecule has 0 radical (unpaired) electrons. The zero-order chi connectivity index (χ0) is 18.9. The number of anilines is 1. The second kappa shape index (κ2) is 9.34. The minimum Gasteiger partial charge on any atom is -0.493 e. The maximum Gasteiger partial charge on any atom is 0.232 e. The number of nitrogens with zero attached hydrogens (tertiary/aromatic N) is 2. The molecule has 8 nitrogen and oxygen atoms in total. The second-order valence-electron chi connectivity index (χ2n) is 5.05. The molecule has 8 heteroatoms. The van der Waals surface area contributed by atoms with Crippen LogP contribution in [-0.4, -0.2) is 46.6 Å². The number of methoxy groups -OCH3 is 4. The fourth-order valence-corrected chi connectivity index (χ4v) is 2.24. The molecule has 0 spiro atoms. The van der Waals surface area contributed by atoms with Crippen molar-refractivity contribution in [1.82, 2.24) is 4.98 Å². The average molecular weight is 359 g/mol. The van der Waals surface area contributed by atoms with Crippen molar-refractivity contribution in [3.8, 4) is 23.3 Å². The highest BCUT2D eigenvalue weighted by Gasteiger charge is 2.13. The van der Waals surface area contributed by atoms with Crippen LogP contribution < -0.4 is 19.5 Å². The van der Waals surface area contributed by atoms with Gasteiger partial charge in [0.05, 0.1) is 27.9 Å². The molecule has 0 amide bonds. The van der Waals surface area contributed by atoms with Crippen molar-refractivity contribution in [3.05, 3.63) is 29.3 Å². The van der Waals surface area contributed by atoms with E-state index in [0.29, 0.717) is 42.2 Å². The van der Waals surface area contributed by atoms with Crippen molar-refractivity contribution in [2.24, 2.45) is 0 Å². The van der Waals surface area contributed by atoms with E-state index in [9.17, 15) is 0 Å². The molecule has 2 aromatic rings. The van der Waals surface area contributed by atoms with Crippen LogP contribution in [0.1, 0.15) is 17.1 Å². The summed E-state index contributed by atoms with van der Waals surface area (Å²) in [5.74, 6) is 2.21. The van der Waals surface area contributed by atoms with Gasteiger partial charge in [-0.05, 0) is 23.8 Å². The maximum absolute atomic E-state index is 9.15. The average Bonchev–Trinajstić information content (AvgIpc) is 3.07. The molecule has 0 aliphatic heterocycles. The lowest BCUT2D eigenvalue weighted by Gasteiger charge is -2.12. The Morgan fingerprint density at radius 1 is 1.12 bits per heavy atom. The quantitative estimate of drug-likeness (QED) is 0.683. The van der Waals surface area contributed by atoms with Crippen LogP contribution in [0.15, 0.2) is 16.5 Å². The Hall–Kier alpha value is -3.18. The monoisotopic (exact) mass is 359 g/mol. The van der Waals surface area contributed by atoms with Gasteiger partial charge in [-0.15, -0.1) is 0 Å². The predicted molar refractivity (Wildman–Crippen MR) is 96.6 cm³/mol. The van der Waals surface area contributed by atoms with Crippen LogP contribution in [-0.2, 0) is 4.74 Å². The van der Waals surface area contributed by atoms with Crippen LogP contribution >= 0.6 is 0 Å². The number of nitrogens with one attached hydrogen (secondary N) is 1. The van der Waals surface area contributed by atoms with E-state index in [-0.39, 0.29) is 5.69 Å². The van der Waals surface area contributed by atoms with Gasteiger partial charge in [-0.25, -0.2) is 0 Å². The van der Waals surface area contributed by atoms with Gasteiger partial charge in [-0.1, -0.05) is 0 Å². The number of ether oxygens (including phenoxy) is 4. The Morgan fingerprint density at radius 3 is 2.35 bits per heavy atom. The van der Waals surface area contributed by atoms with Gasteiger partial charge < -0.3 is 28.7 Å². The Bertz CT molecular complexity index is 783. The predicted octanol–water partition coefficient (Wildman–Crippen LogP) is 2.80. The summed E-state index contributed by atoms with van der Waals surface area (Å²) in [5, 5.41) is 12.1. The molecule has 1 heterocycles. The number of benzene rings is 1. The van der Waals surface area contributed by atoms with Crippen molar-refractivity contribution in [3.63, 3.8) is 0 Å². The largest absolute Gasteiger partial charge is 0.493 e. The molecule has 1 aromatic heterocycles. The lowest BCUT2D eigenvalue weighted by atomic mass is 10.1. The molecule has 0 fully saturated rings. The van der Waals surface area contributed by atoms with E-state index < -0.39 is 0 Å². The van der Waals surface area contributed by atoms with Gasteiger partial charge in [0.1, 0.15) is 6.07 Å².